The Morgan fingerprint density at radius 1 is 0.879 bits per heavy atom. The van der Waals surface area contributed by atoms with Gasteiger partial charge in [-0.3, -0.25) is 14.5 Å². The summed E-state index contributed by atoms with van der Waals surface area (Å²) in [7, 11) is 0. The second kappa shape index (κ2) is 11.5. The van der Waals surface area contributed by atoms with Crippen molar-refractivity contribution >= 4 is 28.3 Å². The van der Waals surface area contributed by atoms with E-state index >= 15 is 0 Å². The van der Waals surface area contributed by atoms with Gasteiger partial charge in [0.05, 0.1) is 13.2 Å². The van der Waals surface area contributed by atoms with Gasteiger partial charge < -0.3 is 15.4 Å². The Kier molecular flexibility index (Phi) is 7.93. The molecule has 3 aromatic rings. The summed E-state index contributed by atoms with van der Waals surface area (Å²) in [6, 6.07) is 23.8. The first-order valence-corrected chi connectivity index (χ1v) is 11.6. The molecule has 2 N–H and O–H groups in total. The van der Waals surface area contributed by atoms with Gasteiger partial charge in [0.1, 0.15) is 5.75 Å². The van der Waals surface area contributed by atoms with Crippen molar-refractivity contribution < 1.29 is 14.3 Å². The van der Waals surface area contributed by atoms with Gasteiger partial charge in [-0.2, -0.15) is 0 Å². The molecular formula is C27H31N3O3. The Hall–Kier alpha value is -3.38. The molecule has 2 amide bonds. The number of hydrogen-bond acceptors (Lipinski definition) is 4. The number of hydrogen-bond donors (Lipinski definition) is 2. The third-order valence-corrected chi connectivity index (χ3v) is 5.93. The van der Waals surface area contributed by atoms with Crippen LogP contribution in [0.15, 0.2) is 72.8 Å². The van der Waals surface area contributed by atoms with Crippen molar-refractivity contribution in [1.82, 2.24) is 10.2 Å². The summed E-state index contributed by atoms with van der Waals surface area (Å²) in [6.45, 7) is 2.49. The van der Waals surface area contributed by atoms with Crippen molar-refractivity contribution in [3.05, 3.63) is 72.8 Å². The largest absolute Gasteiger partial charge is 0.493 e. The third-order valence-electron chi connectivity index (χ3n) is 5.93. The molecule has 1 aliphatic rings. The van der Waals surface area contributed by atoms with Gasteiger partial charge in [0.15, 0.2) is 0 Å². The molecule has 0 radical (unpaired) electrons. The third kappa shape index (κ3) is 6.80. The van der Waals surface area contributed by atoms with Crippen LogP contribution in [0.5, 0.6) is 5.75 Å². The first-order chi connectivity index (χ1) is 16.2. The van der Waals surface area contributed by atoms with E-state index in [2.05, 4.69) is 33.7 Å². The number of likely N-dealkylation sites (tertiary alicyclic amines) is 1. The number of ether oxygens (including phenoxy) is 1. The summed E-state index contributed by atoms with van der Waals surface area (Å²) >= 11 is 0. The van der Waals surface area contributed by atoms with E-state index in [-0.39, 0.29) is 17.9 Å². The van der Waals surface area contributed by atoms with Crippen LogP contribution in [0.2, 0.25) is 0 Å². The molecule has 0 spiro atoms. The number of para-hydroxylation sites is 1. The van der Waals surface area contributed by atoms with E-state index in [0.29, 0.717) is 26.0 Å². The molecule has 1 aliphatic heterocycles. The zero-order valence-electron chi connectivity index (χ0n) is 18.8. The molecule has 1 heterocycles. The Morgan fingerprint density at radius 2 is 1.61 bits per heavy atom. The van der Waals surface area contributed by atoms with Gasteiger partial charge in [0.2, 0.25) is 11.8 Å². The minimum absolute atomic E-state index is 0.00474. The average Bonchev–Trinajstić information content (AvgIpc) is 2.84. The number of nitrogens with zero attached hydrogens (tertiary/aromatic N) is 1. The Bertz CT molecular complexity index is 1060. The lowest BCUT2D eigenvalue weighted by Gasteiger charge is -2.31. The number of anilines is 1. The maximum atomic E-state index is 12.4. The topological polar surface area (TPSA) is 70.7 Å². The summed E-state index contributed by atoms with van der Waals surface area (Å²) in [6.07, 6.45) is 2.84. The molecule has 0 saturated carbocycles. The van der Waals surface area contributed by atoms with Crippen LogP contribution in [0.3, 0.4) is 0 Å². The monoisotopic (exact) mass is 445 g/mol. The average molecular weight is 446 g/mol. The molecule has 0 atom stereocenters. The standard InChI is InChI=1S/C27H31N3O3/c31-26(14-7-19-33-25-13-6-9-21-8-4-5-12-24(21)25)28-23-15-17-30(18-16-23)20-27(32)29-22-10-2-1-3-11-22/h1-6,8-13,23H,7,14-20H2,(H,28,31)(H,29,32). The van der Waals surface area contributed by atoms with E-state index in [9.17, 15) is 9.59 Å². The second-order valence-corrected chi connectivity index (χ2v) is 8.46. The highest BCUT2D eigenvalue weighted by Gasteiger charge is 2.22. The van der Waals surface area contributed by atoms with Crippen LogP contribution in [0.4, 0.5) is 5.69 Å². The highest BCUT2D eigenvalue weighted by Crippen LogP contribution is 2.25. The Balaban J connectivity index is 1.11. The Morgan fingerprint density at radius 3 is 2.42 bits per heavy atom. The molecule has 0 aromatic heterocycles. The van der Waals surface area contributed by atoms with Gasteiger partial charge in [-0.25, -0.2) is 0 Å². The first kappa shape index (κ1) is 22.8. The molecule has 33 heavy (non-hydrogen) atoms. The zero-order chi connectivity index (χ0) is 22.9. The predicted octanol–water partition coefficient (Wildman–Crippen LogP) is 4.22. The molecule has 0 aliphatic carbocycles. The number of piperidine rings is 1. The summed E-state index contributed by atoms with van der Waals surface area (Å²) in [5.41, 5.74) is 0.814. The van der Waals surface area contributed by atoms with Crippen molar-refractivity contribution in [2.24, 2.45) is 0 Å². The number of carbonyl (C=O) groups excluding carboxylic acids is 2. The van der Waals surface area contributed by atoms with Crippen LogP contribution in [0.25, 0.3) is 10.8 Å². The van der Waals surface area contributed by atoms with E-state index in [0.717, 1.165) is 48.1 Å². The maximum Gasteiger partial charge on any atom is 0.238 e. The SMILES string of the molecule is O=C(CN1CCC(NC(=O)CCCOc2cccc3ccccc23)CC1)Nc1ccccc1. The number of carbonyl (C=O) groups is 2. The van der Waals surface area contributed by atoms with Crippen molar-refractivity contribution in [3.8, 4) is 5.75 Å². The lowest BCUT2D eigenvalue weighted by atomic mass is 10.0. The Labute approximate surface area is 194 Å². The molecule has 172 valence electrons. The zero-order valence-corrected chi connectivity index (χ0v) is 18.8. The van der Waals surface area contributed by atoms with Gasteiger partial charge >= 0.3 is 0 Å². The van der Waals surface area contributed by atoms with Crippen molar-refractivity contribution in [1.29, 1.82) is 0 Å². The fourth-order valence-electron chi connectivity index (χ4n) is 4.20. The normalized spacial score (nSPS) is 14.7. The molecule has 0 bridgehead atoms. The second-order valence-electron chi connectivity index (χ2n) is 8.46. The summed E-state index contributed by atoms with van der Waals surface area (Å²) in [5, 5.41) is 8.30. The summed E-state index contributed by atoms with van der Waals surface area (Å²) < 4.78 is 5.93. The predicted molar refractivity (Wildman–Crippen MR) is 131 cm³/mol. The maximum absolute atomic E-state index is 12.4. The summed E-state index contributed by atoms with van der Waals surface area (Å²) in [5.74, 6) is 0.920. The van der Waals surface area contributed by atoms with Crippen molar-refractivity contribution in [2.45, 2.75) is 31.7 Å². The molecule has 3 aromatic carbocycles. The highest BCUT2D eigenvalue weighted by atomic mass is 16.5. The van der Waals surface area contributed by atoms with Crippen LogP contribution >= 0.6 is 0 Å². The smallest absolute Gasteiger partial charge is 0.238 e. The van der Waals surface area contributed by atoms with Gasteiger partial charge in [-0.1, -0.05) is 54.6 Å². The van der Waals surface area contributed by atoms with Gasteiger partial charge in [0.25, 0.3) is 0 Å². The molecule has 6 heteroatoms. The van der Waals surface area contributed by atoms with E-state index in [1.54, 1.807) is 0 Å². The van der Waals surface area contributed by atoms with Crippen LogP contribution in [-0.4, -0.2) is 49.0 Å². The molecule has 6 nitrogen and oxygen atoms in total. The van der Waals surface area contributed by atoms with Crippen LogP contribution < -0.4 is 15.4 Å². The van der Waals surface area contributed by atoms with E-state index in [1.165, 1.54) is 0 Å². The van der Waals surface area contributed by atoms with Crippen molar-refractivity contribution in [2.75, 3.05) is 31.6 Å². The summed E-state index contributed by atoms with van der Waals surface area (Å²) in [4.78, 5) is 26.7. The van der Waals surface area contributed by atoms with Crippen LogP contribution in [0, 0.1) is 0 Å². The fraction of sp³-hybridized carbons (Fsp3) is 0.333. The van der Waals surface area contributed by atoms with Crippen LogP contribution in [-0.2, 0) is 9.59 Å². The molecule has 4 rings (SSSR count). The quantitative estimate of drug-likeness (QED) is 0.484. The number of fused-ring (bicyclic) bond motifs is 1. The fourth-order valence-corrected chi connectivity index (χ4v) is 4.20. The lowest BCUT2D eigenvalue weighted by Crippen LogP contribution is -2.46. The number of rotatable bonds is 9. The molecule has 0 unspecified atom stereocenters. The van der Waals surface area contributed by atoms with Crippen LogP contribution in [0.1, 0.15) is 25.7 Å². The van der Waals surface area contributed by atoms with Gasteiger partial charge in [-0.05, 0) is 42.8 Å². The van der Waals surface area contributed by atoms with Gasteiger partial charge in [0, 0.05) is 36.6 Å². The van der Waals surface area contributed by atoms with E-state index in [4.69, 9.17) is 4.74 Å². The number of amides is 2. The van der Waals surface area contributed by atoms with E-state index in [1.807, 2.05) is 54.6 Å². The molecular weight excluding hydrogens is 414 g/mol. The highest BCUT2D eigenvalue weighted by molar-refractivity contribution is 5.92. The number of nitrogens with one attached hydrogen (secondary N) is 2. The molecule has 1 saturated heterocycles. The first-order valence-electron chi connectivity index (χ1n) is 11.6. The lowest BCUT2D eigenvalue weighted by molar-refractivity contribution is -0.123. The van der Waals surface area contributed by atoms with Crippen molar-refractivity contribution in [3.63, 3.8) is 0 Å². The number of benzene rings is 3. The minimum Gasteiger partial charge on any atom is -0.493 e. The minimum atomic E-state index is -0.00474. The van der Waals surface area contributed by atoms with Gasteiger partial charge in [-0.15, -0.1) is 0 Å². The molecule has 1 fully saturated rings. The van der Waals surface area contributed by atoms with E-state index < -0.39 is 0 Å².